The number of methoxy groups -OCH3 is 1. The number of nitrogens with zero attached hydrogens (tertiary/aromatic N) is 2. The van der Waals surface area contributed by atoms with Crippen LogP contribution in [0.4, 0.5) is 5.69 Å². The van der Waals surface area contributed by atoms with E-state index in [0.29, 0.717) is 68.3 Å². The molecule has 0 spiro atoms. The van der Waals surface area contributed by atoms with E-state index >= 15 is 0 Å². The van der Waals surface area contributed by atoms with Gasteiger partial charge in [0.15, 0.2) is 0 Å². The summed E-state index contributed by atoms with van der Waals surface area (Å²) in [5.41, 5.74) is 2.96. The molecule has 12 heteroatoms. The molecule has 2 fully saturated rings. The fourth-order valence-corrected chi connectivity index (χ4v) is 8.43. The van der Waals surface area contributed by atoms with E-state index in [1.165, 1.54) is 12.1 Å². The van der Waals surface area contributed by atoms with Crippen LogP contribution in [0.5, 0.6) is 5.75 Å². The van der Waals surface area contributed by atoms with E-state index in [4.69, 9.17) is 25.8 Å². The van der Waals surface area contributed by atoms with Crippen LogP contribution in [0.25, 0.3) is 0 Å². The van der Waals surface area contributed by atoms with Crippen LogP contribution in [-0.2, 0) is 42.1 Å². The van der Waals surface area contributed by atoms with Crippen molar-refractivity contribution in [2.45, 2.75) is 63.1 Å². The first-order chi connectivity index (χ1) is 23.6. The zero-order valence-corrected chi connectivity index (χ0v) is 29.8. The van der Waals surface area contributed by atoms with Gasteiger partial charge in [0.2, 0.25) is 5.91 Å². The number of hydrogen-bond acceptors (Lipinski definition) is 8. The Morgan fingerprint density at radius 3 is 2.63 bits per heavy atom. The summed E-state index contributed by atoms with van der Waals surface area (Å²) in [6, 6.07) is 10.6. The van der Waals surface area contributed by atoms with Gasteiger partial charge in [-0.05, 0) is 97.7 Å². The fraction of sp³-hybridized carbons (Fsp3) is 0.514. The van der Waals surface area contributed by atoms with Crippen LogP contribution in [0.2, 0.25) is 5.02 Å². The molecular weight excluding hydrogens is 666 g/mol. The molecule has 1 saturated carbocycles. The van der Waals surface area contributed by atoms with Gasteiger partial charge in [0.05, 0.1) is 29.9 Å². The van der Waals surface area contributed by atoms with E-state index < -0.39 is 21.8 Å². The summed E-state index contributed by atoms with van der Waals surface area (Å²) in [7, 11) is -2.59. The van der Waals surface area contributed by atoms with E-state index in [2.05, 4.69) is 15.7 Å². The maximum absolute atomic E-state index is 13.9. The Balaban J connectivity index is 1.39. The predicted molar refractivity (Wildman–Crippen MR) is 188 cm³/mol. The van der Waals surface area contributed by atoms with E-state index in [-0.39, 0.29) is 28.4 Å². The molecule has 2 aromatic carbocycles. The quantitative estimate of drug-likeness (QED) is 0.331. The van der Waals surface area contributed by atoms with Crippen LogP contribution in [0.3, 0.4) is 0 Å². The SMILES string of the molecule is CO[C@@H]1/C=C/C[C@H](C)/C(=C/C(=O)N2CCOCC2)C(=O)NS(=O)(=O)c2ccc3c(c2)N(CCCCc2cc(Cl)ccc2CO3)C[C@@H]2CC[C@H]21. The highest BCUT2D eigenvalue weighted by atomic mass is 35.5. The number of rotatable bonds is 2. The number of allylic oxidation sites excluding steroid dienone is 1. The minimum absolute atomic E-state index is 0.0475. The van der Waals surface area contributed by atoms with Gasteiger partial charge in [-0.15, -0.1) is 0 Å². The molecule has 0 aromatic heterocycles. The first-order valence-corrected chi connectivity index (χ1v) is 19.1. The number of carbonyl (C=O) groups excluding carboxylic acids is 2. The zero-order chi connectivity index (χ0) is 34.5. The molecule has 0 unspecified atom stereocenters. The lowest BCUT2D eigenvalue weighted by Crippen LogP contribution is -2.44. The van der Waals surface area contributed by atoms with Crippen molar-refractivity contribution in [2.75, 3.05) is 51.4 Å². The summed E-state index contributed by atoms with van der Waals surface area (Å²) < 4.78 is 47.9. The molecule has 1 aliphatic carbocycles. The molecule has 2 bridgehead atoms. The molecule has 1 saturated heterocycles. The summed E-state index contributed by atoms with van der Waals surface area (Å²) in [5, 5.41) is 0.687. The Bertz CT molecular complexity index is 1710. The third-order valence-corrected chi connectivity index (χ3v) is 11.9. The van der Waals surface area contributed by atoms with Crippen molar-refractivity contribution in [3.63, 3.8) is 0 Å². The second kappa shape index (κ2) is 15.7. The second-order valence-corrected chi connectivity index (χ2v) is 15.6. The van der Waals surface area contributed by atoms with Gasteiger partial charge in [-0.2, -0.15) is 0 Å². The lowest BCUT2D eigenvalue weighted by Gasteiger charge is -2.43. The molecule has 10 nitrogen and oxygen atoms in total. The molecule has 3 heterocycles. The second-order valence-electron chi connectivity index (χ2n) is 13.5. The molecule has 6 rings (SSSR count). The Morgan fingerprint density at radius 2 is 1.88 bits per heavy atom. The molecule has 2 amide bonds. The molecule has 4 atom stereocenters. The average Bonchev–Trinajstić information content (AvgIpc) is 3.11. The minimum atomic E-state index is -4.32. The Kier molecular flexibility index (Phi) is 11.3. The molecule has 264 valence electrons. The average molecular weight is 712 g/mol. The lowest BCUT2D eigenvalue weighted by atomic mass is 9.70. The third-order valence-electron chi connectivity index (χ3n) is 10.3. The number of anilines is 1. The van der Waals surface area contributed by atoms with Crippen molar-refractivity contribution in [1.29, 1.82) is 0 Å². The number of aryl methyl sites for hydroxylation is 1. The summed E-state index contributed by atoms with van der Waals surface area (Å²) in [6.45, 7) is 5.18. The van der Waals surface area contributed by atoms with Gasteiger partial charge in [-0.25, -0.2) is 13.1 Å². The molecular formula is C37H46ClN3O7S. The number of benzene rings is 2. The fourth-order valence-electron chi connectivity index (χ4n) is 7.24. The predicted octanol–water partition coefficient (Wildman–Crippen LogP) is 5.29. The number of morpholine rings is 1. The smallest absolute Gasteiger partial charge is 0.264 e. The first-order valence-electron chi connectivity index (χ1n) is 17.3. The minimum Gasteiger partial charge on any atom is -0.487 e. The van der Waals surface area contributed by atoms with Crippen LogP contribution in [0.15, 0.2) is 65.1 Å². The monoisotopic (exact) mass is 711 g/mol. The van der Waals surface area contributed by atoms with Crippen molar-refractivity contribution < 1.29 is 32.2 Å². The topological polar surface area (TPSA) is 114 Å². The molecule has 3 aliphatic heterocycles. The van der Waals surface area contributed by atoms with Crippen LogP contribution < -0.4 is 14.4 Å². The Labute approximate surface area is 294 Å². The first kappa shape index (κ1) is 35.4. The van der Waals surface area contributed by atoms with E-state index in [9.17, 15) is 18.0 Å². The number of sulfonamides is 1. The number of carbonyl (C=O) groups is 2. The van der Waals surface area contributed by atoms with Crippen molar-refractivity contribution in [3.8, 4) is 5.75 Å². The van der Waals surface area contributed by atoms with Gasteiger partial charge in [0.1, 0.15) is 12.4 Å². The number of nitrogens with one attached hydrogen (secondary N) is 1. The Hall–Kier alpha value is -3.38. The third kappa shape index (κ3) is 8.33. The van der Waals surface area contributed by atoms with Gasteiger partial charge >= 0.3 is 0 Å². The Morgan fingerprint density at radius 1 is 1.06 bits per heavy atom. The number of fused-ring (bicyclic) bond motifs is 3. The summed E-state index contributed by atoms with van der Waals surface area (Å²) in [4.78, 5) is 30.8. The van der Waals surface area contributed by atoms with E-state index in [0.717, 1.165) is 49.8 Å². The largest absolute Gasteiger partial charge is 0.487 e. The van der Waals surface area contributed by atoms with Crippen molar-refractivity contribution in [3.05, 3.63) is 76.3 Å². The number of ether oxygens (including phenoxy) is 3. The van der Waals surface area contributed by atoms with Crippen LogP contribution in [0, 0.1) is 17.8 Å². The molecule has 49 heavy (non-hydrogen) atoms. The molecule has 1 N–H and O–H groups in total. The lowest BCUT2D eigenvalue weighted by molar-refractivity contribution is -0.130. The number of amides is 2. The molecule has 4 aliphatic rings. The highest BCUT2D eigenvalue weighted by Crippen LogP contribution is 2.42. The van der Waals surface area contributed by atoms with Gasteiger partial charge in [0, 0.05) is 50.0 Å². The summed E-state index contributed by atoms with van der Waals surface area (Å²) in [6.07, 6.45) is 10.4. The maximum Gasteiger partial charge on any atom is 0.264 e. The normalized spacial score (nSPS) is 27.7. The summed E-state index contributed by atoms with van der Waals surface area (Å²) in [5.74, 6) is -0.422. The van der Waals surface area contributed by atoms with Crippen molar-refractivity contribution in [2.24, 2.45) is 17.8 Å². The highest BCUT2D eigenvalue weighted by molar-refractivity contribution is 7.90. The number of halogens is 1. The zero-order valence-electron chi connectivity index (χ0n) is 28.2. The molecule has 2 aromatic rings. The van der Waals surface area contributed by atoms with Crippen molar-refractivity contribution >= 4 is 39.1 Å². The molecule has 0 radical (unpaired) electrons. The number of hydrogen-bond donors (Lipinski definition) is 1. The van der Waals surface area contributed by atoms with E-state index in [1.807, 2.05) is 31.2 Å². The maximum atomic E-state index is 13.9. The van der Waals surface area contributed by atoms with Crippen molar-refractivity contribution in [1.82, 2.24) is 9.62 Å². The summed E-state index contributed by atoms with van der Waals surface area (Å²) >= 11 is 6.34. The van der Waals surface area contributed by atoms with E-state index in [1.54, 1.807) is 24.1 Å². The van der Waals surface area contributed by atoms with Gasteiger partial charge in [0.25, 0.3) is 15.9 Å². The van der Waals surface area contributed by atoms with Crippen LogP contribution in [-0.4, -0.2) is 77.7 Å². The standard InChI is InChI=1S/C37H46ClN3O7S/c1-25-6-5-8-34(46-2)31-13-10-27(31)23-41-15-4-3-7-26-20-29(38)11-9-28(26)24-48-35-14-12-30(21-33(35)41)49(44,45)39-37(43)32(25)22-36(42)40-16-18-47-19-17-40/h5,8-9,11-12,14,20-22,25,27,31,34H,3-4,6-7,10,13,15-19,23-24H2,1-2H3,(H,39,43)/b8-5+,32-22-/t25-,27-,31+,34+/m0/s1. The van der Waals surface area contributed by atoms with Crippen LogP contribution >= 0.6 is 11.6 Å². The van der Waals surface area contributed by atoms with Gasteiger partial charge in [-0.1, -0.05) is 36.7 Å². The van der Waals surface area contributed by atoms with Gasteiger partial charge < -0.3 is 24.0 Å². The highest BCUT2D eigenvalue weighted by Gasteiger charge is 2.38. The van der Waals surface area contributed by atoms with Gasteiger partial charge in [-0.3, -0.25) is 9.59 Å². The van der Waals surface area contributed by atoms with Crippen LogP contribution in [0.1, 0.15) is 50.2 Å².